The van der Waals surface area contributed by atoms with Crippen molar-refractivity contribution in [1.29, 1.82) is 0 Å². The number of nitrogens with two attached hydrogens (primary N) is 1. The molecule has 0 fully saturated rings. The minimum absolute atomic E-state index is 0.742. The van der Waals surface area contributed by atoms with E-state index in [1.54, 1.807) is 0 Å². The van der Waals surface area contributed by atoms with Gasteiger partial charge in [0.25, 0.3) is 0 Å². The highest BCUT2D eigenvalue weighted by Gasteiger charge is 2.14. The third kappa shape index (κ3) is 3.51. The van der Waals surface area contributed by atoms with Crippen LogP contribution in [0.15, 0.2) is 102 Å². The zero-order valence-electron chi connectivity index (χ0n) is 15.5. The molecule has 0 saturated carbocycles. The van der Waals surface area contributed by atoms with E-state index in [2.05, 4.69) is 41.3 Å². The molecule has 28 heavy (non-hydrogen) atoms. The van der Waals surface area contributed by atoms with E-state index in [0.29, 0.717) is 0 Å². The Bertz CT molecular complexity index is 1090. The molecule has 0 aliphatic rings. The molecule has 4 aromatic rings. The third-order valence-corrected chi connectivity index (χ3v) is 4.72. The van der Waals surface area contributed by atoms with Gasteiger partial charge in [0.05, 0.1) is 5.69 Å². The first-order valence-electron chi connectivity index (χ1n) is 9.13. The molecule has 0 spiro atoms. The Morgan fingerprint density at radius 3 is 1.96 bits per heavy atom. The minimum Gasteiger partial charge on any atom is -0.398 e. The van der Waals surface area contributed by atoms with Crippen molar-refractivity contribution in [1.82, 2.24) is 0 Å². The van der Waals surface area contributed by atoms with E-state index in [9.17, 15) is 0 Å². The lowest BCUT2D eigenvalue weighted by Crippen LogP contribution is -2.00. The number of aliphatic imine (C=N–C) groups is 1. The number of para-hydroxylation sites is 1. The summed E-state index contributed by atoms with van der Waals surface area (Å²) >= 11 is 0. The molecule has 3 nitrogen and oxygen atoms in total. The number of hydrogen-bond donors (Lipinski definition) is 2. The standard InChI is InChI=1S/C25H21N3/c1-27-20-14-12-18(13-15-20)22-16-17-23(28-21-10-6-3-7-11-21)24(25(22)26)19-8-4-2-5-9-19/h2-17,28H,1,26H2. The summed E-state index contributed by atoms with van der Waals surface area (Å²) < 4.78 is 0. The molecule has 0 bridgehead atoms. The number of hydrogen-bond acceptors (Lipinski definition) is 3. The highest BCUT2D eigenvalue weighted by molar-refractivity contribution is 5.97. The molecule has 4 aromatic carbocycles. The lowest BCUT2D eigenvalue weighted by atomic mass is 9.94. The number of nitrogens with zero attached hydrogens (tertiary/aromatic N) is 1. The van der Waals surface area contributed by atoms with Gasteiger partial charge >= 0.3 is 0 Å². The summed E-state index contributed by atoms with van der Waals surface area (Å²) in [5.41, 5.74) is 14.4. The molecule has 3 heteroatoms. The second kappa shape index (κ2) is 7.80. The van der Waals surface area contributed by atoms with Crippen LogP contribution >= 0.6 is 0 Å². The summed E-state index contributed by atoms with van der Waals surface area (Å²) in [6.07, 6.45) is 0. The Morgan fingerprint density at radius 1 is 0.679 bits per heavy atom. The number of rotatable bonds is 5. The van der Waals surface area contributed by atoms with Crippen molar-refractivity contribution >= 4 is 29.5 Å². The molecule has 136 valence electrons. The quantitative estimate of drug-likeness (QED) is 0.307. The Hall–Kier alpha value is -3.85. The van der Waals surface area contributed by atoms with Crippen molar-refractivity contribution in [3.8, 4) is 22.3 Å². The first-order valence-corrected chi connectivity index (χ1v) is 9.13. The monoisotopic (exact) mass is 363 g/mol. The first kappa shape index (κ1) is 17.6. The summed E-state index contributed by atoms with van der Waals surface area (Å²) in [4.78, 5) is 3.96. The lowest BCUT2D eigenvalue weighted by Gasteiger charge is -2.18. The van der Waals surface area contributed by atoms with Crippen LogP contribution in [0.3, 0.4) is 0 Å². The Balaban J connectivity index is 1.85. The van der Waals surface area contributed by atoms with E-state index in [1.807, 2.05) is 72.8 Å². The molecule has 0 aromatic heterocycles. The van der Waals surface area contributed by atoms with Gasteiger partial charge in [0, 0.05) is 28.2 Å². The zero-order valence-corrected chi connectivity index (χ0v) is 15.5. The van der Waals surface area contributed by atoms with Crippen LogP contribution in [0, 0.1) is 0 Å². The lowest BCUT2D eigenvalue weighted by molar-refractivity contribution is 1.51. The molecular weight excluding hydrogens is 342 g/mol. The smallest absolute Gasteiger partial charge is 0.0622 e. The van der Waals surface area contributed by atoms with Gasteiger partial charge in [-0.1, -0.05) is 66.7 Å². The minimum atomic E-state index is 0.742. The maximum Gasteiger partial charge on any atom is 0.0622 e. The molecule has 0 atom stereocenters. The highest BCUT2D eigenvalue weighted by Crippen LogP contribution is 2.41. The highest BCUT2D eigenvalue weighted by atomic mass is 14.9. The normalized spacial score (nSPS) is 10.4. The van der Waals surface area contributed by atoms with Gasteiger partial charge in [0.2, 0.25) is 0 Å². The van der Waals surface area contributed by atoms with Crippen LogP contribution in [-0.4, -0.2) is 6.72 Å². The second-order valence-corrected chi connectivity index (χ2v) is 6.51. The molecule has 0 unspecified atom stereocenters. The van der Waals surface area contributed by atoms with Crippen LogP contribution in [0.2, 0.25) is 0 Å². The SMILES string of the molecule is C=Nc1ccc(-c2ccc(Nc3ccccc3)c(-c3ccccc3)c2N)cc1. The third-order valence-electron chi connectivity index (χ3n) is 4.72. The topological polar surface area (TPSA) is 50.4 Å². The van der Waals surface area contributed by atoms with Gasteiger partial charge in [0.1, 0.15) is 0 Å². The predicted octanol–water partition coefficient (Wildman–Crippen LogP) is 6.68. The summed E-state index contributed by atoms with van der Waals surface area (Å²) in [5.74, 6) is 0. The summed E-state index contributed by atoms with van der Waals surface area (Å²) in [7, 11) is 0. The van der Waals surface area contributed by atoms with Gasteiger partial charge in [-0.3, -0.25) is 4.99 Å². The van der Waals surface area contributed by atoms with Crippen LogP contribution in [0.25, 0.3) is 22.3 Å². The maximum absolute atomic E-state index is 6.70. The van der Waals surface area contributed by atoms with Crippen molar-refractivity contribution < 1.29 is 0 Å². The van der Waals surface area contributed by atoms with E-state index in [4.69, 9.17) is 5.73 Å². The van der Waals surface area contributed by atoms with Crippen molar-refractivity contribution in [2.75, 3.05) is 11.1 Å². The van der Waals surface area contributed by atoms with Crippen LogP contribution in [-0.2, 0) is 0 Å². The van der Waals surface area contributed by atoms with E-state index >= 15 is 0 Å². The molecule has 3 N–H and O–H groups in total. The average Bonchev–Trinajstić information content (AvgIpc) is 2.75. The fourth-order valence-corrected chi connectivity index (χ4v) is 3.31. The van der Waals surface area contributed by atoms with Crippen LogP contribution < -0.4 is 11.1 Å². The maximum atomic E-state index is 6.70. The van der Waals surface area contributed by atoms with E-state index in [1.165, 1.54) is 0 Å². The zero-order chi connectivity index (χ0) is 19.3. The summed E-state index contributed by atoms with van der Waals surface area (Å²) in [6.45, 7) is 3.57. The number of anilines is 3. The fourth-order valence-electron chi connectivity index (χ4n) is 3.31. The Labute approximate surface area is 165 Å². The fraction of sp³-hybridized carbons (Fsp3) is 0. The molecule has 0 heterocycles. The number of benzene rings is 4. The van der Waals surface area contributed by atoms with Gasteiger partial charge in [-0.2, -0.15) is 0 Å². The molecule has 0 radical (unpaired) electrons. The molecule has 0 saturated heterocycles. The molecular formula is C25H21N3. The first-order chi connectivity index (χ1) is 13.8. The number of nitrogen functional groups attached to an aromatic ring is 1. The van der Waals surface area contributed by atoms with E-state index in [0.717, 1.165) is 45.0 Å². The summed E-state index contributed by atoms with van der Waals surface area (Å²) in [6, 6.07) is 32.4. The average molecular weight is 363 g/mol. The van der Waals surface area contributed by atoms with Gasteiger partial charge in [-0.05, 0) is 48.2 Å². The summed E-state index contributed by atoms with van der Waals surface area (Å²) in [5, 5.41) is 3.51. The largest absolute Gasteiger partial charge is 0.398 e. The van der Waals surface area contributed by atoms with Crippen LogP contribution in [0.5, 0.6) is 0 Å². The van der Waals surface area contributed by atoms with Gasteiger partial charge in [0.15, 0.2) is 0 Å². The second-order valence-electron chi connectivity index (χ2n) is 6.51. The Kier molecular flexibility index (Phi) is 4.89. The Morgan fingerprint density at radius 2 is 1.32 bits per heavy atom. The molecule has 0 aliphatic carbocycles. The van der Waals surface area contributed by atoms with Crippen LogP contribution in [0.1, 0.15) is 0 Å². The van der Waals surface area contributed by atoms with Crippen molar-refractivity contribution in [3.63, 3.8) is 0 Å². The van der Waals surface area contributed by atoms with Gasteiger partial charge in [-0.15, -0.1) is 0 Å². The van der Waals surface area contributed by atoms with Gasteiger partial charge in [-0.25, -0.2) is 0 Å². The van der Waals surface area contributed by atoms with Crippen molar-refractivity contribution in [2.24, 2.45) is 4.99 Å². The molecule has 0 amide bonds. The van der Waals surface area contributed by atoms with E-state index in [-0.39, 0.29) is 0 Å². The van der Waals surface area contributed by atoms with Gasteiger partial charge < -0.3 is 11.1 Å². The van der Waals surface area contributed by atoms with Crippen molar-refractivity contribution in [3.05, 3.63) is 97.1 Å². The van der Waals surface area contributed by atoms with Crippen LogP contribution in [0.4, 0.5) is 22.7 Å². The van der Waals surface area contributed by atoms with E-state index < -0.39 is 0 Å². The molecule has 0 aliphatic heterocycles. The molecule has 4 rings (SSSR count). The predicted molar refractivity (Wildman–Crippen MR) is 121 cm³/mol. The number of nitrogens with one attached hydrogen (secondary N) is 1. The van der Waals surface area contributed by atoms with Crippen molar-refractivity contribution in [2.45, 2.75) is 0 Å².